The molecule has 92 valence electrons. The Bertz CT molecular complexity index is 545. The van der Waals surface area contributed by atoms with Crippen molar-refractivity contribution in [1.29, 1.82) is 0 Å². The highest BCUT2D eigenvalue weighted by Crippen LogP contribution is 2.26. The van der Waals surface area contributed by atoms with Gasteiger partial charge >= 0.3 is 0 Å². The lowest BCUT2D eigenvalue weighted by molar-refractivity contribution is 0.626. The SMILES string of the molecule is Cc1ccccc1-c1cc([C@@H]2CCCN2)ncn1. The van der Waals surface area contributed by atoms with Crippen molar-refractivity contribution in [2.75, 3.05) is 6.54 Å². The van der Waals surface area contributed by atoms with Crippen molar-refractivity contribution in [3.63, 3.8) is 0 Å². The maximum Gasteiger partial charge on any atom is 0.116 e. The molecular weight excluding hydrogens is 222 g/mol. The van der Waals surface area contributed by atoms with Gasteiger partial charge in [-0.25, -0.2) is 9.97 Å². The molecule has 0 aliphatic carbocycles. The van der Waals surface area contributed by atoms with Crippen molar-refractivity contribution < 1.29 is 0 Å². The fourth-order valence-electron chi connectivity index (χ4n) is 2.51. The van der Waals surface area contributed by atoms with Crippen LogP contribution in [0.15, 0.2) is 36.7 Å². The molecule has 1 atom stereocenters. The van der Waals surface area contributed by atoms with Gasteiger partial charge in [-0.2, -0.15) is 0 Å². The van der Waals surface area contributed by atoms with Gasteiger partial charge in [0, 0.05) is 11.6 Å². The Morgan fingerprint density at radius 1 is 1.22 bits per heavy atom. The first-order valence-electron chi connectivity index (χ1n) is 6.46. The lowest BCUT2D eigenvalue weighted by Gasteiger charge is -2.11. The molecule has 1 saturated heterocycles. The van der Waals surface area contributed by atoms with Gasteiger partial charge < -0.3 is 5.32 Å². The molecule has 2 heterocycles. The van der Waals surface area contributed by atoms with E-state index in [2.05, 4.69) is 52.5 Å². The molecule has 3 heteroatoms. The summed E-state index contributed by atoms with van der Waals surface area (Å²) in [5, 5.41) is 3.48. The highest BCUT2D eigenvalue weighted by atomic mass is 15.0. The molecule has 0 saturated carbocycles. The Hall–Kier alpha value is -1.74. The van der Waals surface area contributed by atoms with E-state index in [1.54, 1.807) is 6.33 Å². The van der Waals surface area contributed by atoms with Gasteiger partial charge in [0.25, 0.3) is 0 Å². The fourth-order valence-corrected chi connectivity index (χ4v) is 2.51. The lowest BCUT2D eigenvalue weighted by Crippen LogP contribution is -2.14. The summed E-state index contributed by atoms with van der Waals surface area (Å²) < 4.78 is 0. The number of benzene rings is 1. The van der Waals surface area contributed by atoms with Crippen LogP contribution in [-0.4, -0.2) is 16.5 Å². The van der Waals surface area contributed by atoms with Crippen LogP contribution in [0.5, 0.6) is 0 Å². The molecule has 1 aliphatic rings. The summed E-state index contributed by atoms with van der Waals surface area (Å²) in [6.45, 7) is 3.21. The molecule has 0 spiro atoms. The van der Waals surface area contributed by atoms with E-state index in [4.69, 9.17) is 0 Å². The van der Waals surface area contributed by atoms with Crippen LogP contribution in [0, 0.1) is 6.92 Å². The molecule has 1 aliphatic heterocycles. The van der Waals surface area contributed by atoms with E-state index in [0.717, 1.165) is 17.9 Å². The highest BCUT2D eigenvalue weighted by molar-refractivity contribution is 5.63. The zero-order valence-corrected chi connectivity index (χ0v) is 10.6. The zero-order chi connectivity index (χ0) is 12.4. The quantitative estimate of drug-likeness (QED) is 0.875. The Labute approximate surface area is 107 Å². The first kappa shape index (κ1) is 11.4. The van der Waals surface area contributed by atoms with Gasteiger partial charge in [-0.05, 0) is 37.9 Å². The normalized spacial score (nSPS) is 19.1. The van der Waals surface area contributed by atoms with Crippen molar-refractivity contribution in [2.45, 2.75) is 25.8 Å². The van der Waals surface area contributed by atoms with Crippen molar-refractivity contribution in [2.24, 2.45) is 0 Å². The number of nitrogens with zero attached hydrogens (tertiary/aromatic N) is 2. The molecule has 2 aromatic rings. The molecule has 1 N–H and O–H groups in total. The number of rotatable bonds is 2. The molecule has 3 rings (SSSR count). The highest BCUT2D eigenvalue weighted by Gasteiger charge is 2.18. The van der Waals surface area contributed by atoms with Gasteiger partial charge in [0.15, 0.2) is 0 Å². The third-order valence-electron chi connectivity index (χ3n) is 3.53. The minimum atomic E-state index is 0.399. The first-order valence-corrected chi connectivity index (χ1v) is 6.46. The van der Waals surface area contributed by atoms with Crippen molar-refractivity contribution in [1.82, 2.24) is 15.3 Å². The van der Waals surface area contributed by atoms with Crippen LogP contribution < -0.4 is 5.32 Å². The molecule has 1 aromatic heterocycles. The smallest absolute Gasteiger partial charge is 0.116 e. The molecule has 0 amide bonds. The molecular formula is C15H17N3. The Morgan fingerprint density at radius 2 is 2.11 bits per heavy atom. The third kappa shape index (κ3) is 2.14. The minimum Gasteiger partial charge on any atom is -0.309 e. The monoisotopic (exact) mass is 239 g/mol. The summed E-state index contributed by atoms with van der Waals surface area (Å²) in [6, 6.07) is 10.9. The fraction of sp³-hybridized carbons (Fsp3) is 0.333. The van der Waals surface area contributed by atoms with Crippen LogP contribution in [-0.2, 0) is 0 Å². The van der Waals surface area contributed by atoms with Crippen LogP contribution >= 0.6 is 0 Å². The number of aryl methyl sites for hydroxylation is 1. The number of hydrogen-bond donors (Lipinski definition) is 1. The summed E-state index contributed by atoms with van der Waals surface area (Å²) in [4.78, 5) is 8.81. The van der Waals surface area contributed by atoms with Crippen molar-refractivity contribution >= 4 is 0 Å². The van der Waals surface area contributed by atoms with Crippen molar-refractivity contribution in [3.8, 4) is 11.3 Å². The predicted octanol–water partition coefficient (Wildman–Crippen LogP) is 2.88. The van der Waals surface area contributed by atoms with E-state index in [1.165, 1.54) is 24.0 Å². The Balaban J connectivity index is 1.98. The molecule has 18 heavy (non-hydrogen) atoms. The molecule has 0 unspecified atom stereocenters. The van der Waals surface area contributed by atoms with E-state index in [0.29, 0.717) is 6.04 Å². The van der Waals surface area contributed by atoms with Crippen LogP contribution in [0.2, 0.25) is 0 Å². The molecule has 1 aromatic carbocycles. The Morgan fingerprint density at radius 3 is 2.89 bits per heavy atom. The maximum absolute atomic E-state index is 4.40. The second-order valence-electron chi connectivity index (χ2n) is 4.79. The molecule has 0 bridgehead atoms. The van der Waals surface area contributed by atoms with Crippen LogP contribution in [0.1, 0.15) is 30.1 Å². The summed E-state index contributed by atoms with van der Waals surface area (Å²) in [5.41, 5.74) is 4.58. The summed E-state index contributed by atoms with van der Waals surface area (Å²) >= 11 is 0. The zero-order valence-electron chi connectivity index (χ0n) is 10.6. The van der Waals surface area contributed by atoms with Gasteiger partial charge in [0.2, 0.25) is 0 Å². The second kappa shape index (κ2) is 4.86. The standard InChI is InChI=1S/C15H17N3/c1-11-5-2-3-6-12(11)14-9-15(18-10-17-14)13-7-4-8-16-13/h2-3,5-6,9-10,13,16H,4,7-8H2,1H3/t13-/m0/s1. The number of aromatic nitrogens is 2. The second-order valence-corrected chi connectivity index (χ2v) is 4.79. The van der Waals surface area contributed by atoms with Gasteiger partial charge in [0.1, 0.15) is 6.33 Å². The Kier molecular flexibility index (Phi) is 3.07. The van der Waals surface area contributed by atoms with Gasteiger partial charge in [-0.1, -0.05) is 24.3 Å². The number of hydrogen-bond acceptors (Lipinski definition) is 3. The van der Waals surface area contributed by atoms with E-state index in [1.807, 2.05) is 0 Å². The van der Waals surface area contributed by atoms with E-state index in [-0.39, 0.29) is 0 Å². The van der Waals surface area contributed by atoms with Crippen LogP contribution in [0.25, 0.3) is 11.3 Å². The van der Waals surface area contributed by atoms with Gasteiger partial charge in [-0.15, -0.1) is 0 Å². The largest absolute Gasteiger partial charge is 0.309 e. The minimum absolute atomic E-state index is 0.399. The summed E-state index contributed by atoms with van der Waals surface area (Å²) in [5.74, 6) is 0. The third-order valence-corrected chi connectivity index (χ3v) is 3.53. The first-order chi connectivity index (χ1) is 8.84. The van der Waals surface area contributed by atoms with Crippen LogP contribution in [0.4, 0.5) is 0 Å². The van der Waals surface area contributed by atoms with Gasteiger partial charge in [0.05, 0.1) is 11.4 Å². The van der Waals surface area contributed by atoms with Gasteiger partial charge in [-0.3, -0.25) is 0 Å². The maximum atomic E-state index is 4.40. The molecule has 3 nitrogen and oxygen atoms in total. The summed E-state index contributed by atoms with van der Waals surface area (Å²) in [6.07, 6.45) is 4.08. The van der Waals surface area contributed by atoms with Crippen molar-refractivity contribution in [3.05, 3.63) is 47.9 Å². The lowest BCUT2D eigenvalue weighted by atomic mass is 10.0. The number of nitrogens with one attached hydrogen (secondary N) is 1. The average molecular weight is 239 g/mol. The van der Waals surface area contributed by atoms with Crippen LogP contribution in [0.3, 0.4) is 0 Å². The van der Waals surface area contributed by atoms with E-state index < -0.39 is 0 Å². The predicted molar refractivity (Wildman–Crippen MR) is 72.2 cm³/mol. The summed E-state index contributed by atoms with van der Waals surface area (Å²) in [7, 11) is 0. The van der Waals surface area contributed by atoms with E-state index in [9.17, 15) is 0 Å². The van der Waals surface area contributed by atoms with E-state index >= 15 is 0 Å². The average Bonchev–Trinajstić information content (AvgIpc) is 2.93. The molecule has 0 radical (unpaired) electrons. The molecule has 1 fully saturated rings. The topological polar surface area (TPSA) is 37.8 Å².